The van der Waals surface area contributed by atoms with Crippen LogP contribution in [-0.4, -0.2) is 33.1 Å². The Morgan fingerprint density at radius 1 is 1.11 bits per heavy atom. The van der Waals surface area contributed by atoms with Crippen molar-refractivity contribution in [3.8, 4) is 0 Å². The van der Waals surface area contributed by atoms with Gasteiger partial charge in [0.15, 0.2) is 5.88 Å². The summed E-state index contributed by atoms with van der Waals surface area (Å²) in [6, 6.07) is 13.6. The van der Waals surface area contributed by atoms with Crippen molar-refractivity contribution >= 4 is 40.2 Å². The number of thioether (sulfide) groups is 1. The molecule has 2 aliphatic heterocycles. The first kappa shape index (κ1) is 27.2. The molecule has 4 rings (SSSR count). The molecule has 0 saturated heterocycles. The van der Waals surface area contributed by atoms with Crippen molar-refractivity contribution in [1.29, 1.82) is 0 Å². The highest BCUT2D eigenvalue weighted by molar-refractivity contribution is 8.15. The van der Waals surface area contributed by atoms with Crippen LogP contribution in [0.3, 0.4) is 0 Å². The van der Waals surface area contributed by atoms with Gasteiger partial charge in [0.05, 0.1) is 10.6 Å². The third-order valence-electron chi connectivity index (χ3n) is 6.58. The summed E-state index contributed by atoms with van der Waals surface area (Å²) in [4.78, 5) is 42.5. The Labute approximate surface area is 226 Å². The molecule has 0 aliphatic carbocycles. The largest absolute Gasteiger partial charge is 0.494 e. The third-order valence-corrected chi connectivity index (χ3v) is 7.76. The zero-order valence-corrected chi connectivity index (χ0v) is 22.7. The Morgan fingerprint density at radius 2 is 1.79 bits per heavy atom. The average Bonchev–Trinajstić information content (AvgIpc) is 3.18. The summed E-state index contributed by atoms with van der Waals surface area (Å²) in [6.07, 6.45) is 0.195. The van der Waals surface area contributed by atoms with Crippen LogP contribution in [0.2, 0.25) is 0 Å². The van der Waals surface area contributed by atoms with Gasteiger partial charge in [-0.05, 0) is 42.5 Å². The van der Waals surface area contributed by atoms with Gasteiger partial charge in [-0.1, -0.05) is 74.1 Å². The smallest absolute Gasteiger partial charge is 0.260 e. The van der Waals surface area contributed by atoms with Crippen LogP contribution >= 0.6 is 11.8 Å². The normalized spacial score (nSPS) is 18.3. The fraction of sp³-hybridized carbons (Fsp3) is 0.310. The molecule has 2 aliphatic rings. The number of nitrogens with one attached hydrogen (secondary N) is 3. The highest BCUT2D eigenvalue weighted by Crippen LogP contribution is 2.37. The molecule has 2 heterocycles. The maximum absolute atomic E-state index is 12.9. The van der Waals surface area contributed by atoms with Crippen molar-refractivity contribution in [2.24, 2.45) is 4.99 Å². The van der Waals surface area contributed by atoms with Crippen molar-refractivity contribution in [3.63, 3.8) is 0 Å². The number of aliphatic imine (C=N–C) groups is 1. The Kier molecular flexibility index (Phi) is 8.06. The summed E-state index contributed by atoms with van der Waals surface area (Å²) < 4.78 is 0. The van der Waals surface area contributed by atoms with Crippen LogP contribution in [0.25, 0.3) is 0 Å². The Balaban J connectivity index is 1.52. The van der Waals surface area contributed by atoms with E-state index in [1.54, 1.807) is 0 Å². The molecule has 0 fully saturated rings. The van der Waals surface area contributed by atoms with E-state index in [1.165, 1.54) is 11.8 Å². The average molecular weight is 533 g/mol. The van der Waals surface area contributed by atoms with Gasteiger partial charge in [-0.2, -0.15) is 0 Å². The number of rotatable bonds is 8. The van der Waals surface area contributed by atoms with E-state index in [0.717, 1.165) is 22.3 Å². The zero-order chi connectivity index (χ0) is 27.6. The summed E-state index contributed by atoms with van der Waals surface area (Å²) in [7, 11) is 0. The van der Waals surface area contributed by atoms with Gasteiger partial charge in [0.2, 0.25) is 5.91 Å². The fourth-order valence-corrected chi connectivity index (χ4v) is 5.66. The van der Waals surface area contributed by atoms with Crippen molar-refractivity contribution in [2.45, 2.75) is 57.6 Å². The number of aryl methyl sites for hydroxylation is 2. The molecule has 2 aromatic carbocycles. The molecular weight excluding hydrogens is 500 g/mol. The molecule has 8 nitrogen and oxygen atoms in total. The van der Waals surface area contributed by atoms with Crippen molar-refractivity contribution in [3.05, 3.63) is 88.6 Å². The quantitative estimate of drug-likeness (QED) is 0.383. The first-order valence-corrected chi connectivity index (χ1v) is 13.3. The number of carbonyl (C=O) groups excluding carboxylic acids is 3. The van der Waals surface area contributed by atoms with Gasteiger partial charge in [-0.25, -0.2) is 4.99 Å². The van der Waals surface area contributed by atoms with Crippen LogP contribution in [-0.2, 0) is 14.4 Å². The molecule has 2 atom stereocenters. The first-order chi connectivity index (χ1) is 18.0. The number of nitrogens with zero attached hydrogens (tertiary/aromatic N) is 1. The van der Waals surface area contributed by atoms with E-state index >= 15 is 0 Å². The van der Waals surface area contributed by atoms with E-state index in [1.807, 2.05) is 56.3 Å². The van der Waals surface area contributed by atoms with E-state index in [9.17, 15) is 19.5 Å². The molecule has 0 saturated carbocycles. The second kappa shape index (κ2) is 11.3. The number of aliphatic hydroxyl groups excluding tert-OH is 1. The minimum absolute atomic E-state index is 0.0205. The molecule has 198 valence electrons. The fourth-order valence-electron chi connectivity index (χ4n) is 4.53. The third kappa shape index (κ3) is 6.16. The van der Waals surface area contributed by atoms with Gasteiger partial charge >= 0.3 is 0 Å². The van der Waals surface area contributed by atoms with Crippen LogP contribution < -0.4 is 16.0 Å². The molecule has 0 bridgehead atoms. The molecule has 38 heavy (non-hydrogen) atoms. The Morgan fingerprint density at radius 3 is 2.42 bits per heavy atom. The van der Waals surface area contributed by atoms with E-state index in [-0.39, 0.29) is 41.9 Å². The van der Waals surface area contributed by atoms with Crippen LogP contribution in [0.4, 0.5) is 5.69 Å². The van der Waals surface area contributed by atoms with Crippen LogP contribution in [0.1, 0.15) is 60.8 Å². The second-order valence-electron chi connectivity index (χ2n) is 9.92. The zero-order valence-electron chi connectivity index (χ0n) is 21.9. The predicted molar refractivity (Wildman–Crippen MR) is 151 cm³/mol. The number of hydrogen-bond donors (Lipinski definition) is 4. The molecule has 0 spiro atoms. The minimum atomic E-state index is -0.652. The molecule has 2 unspecified atom stereocenters. The Hall–Kier alpha value is -3.85. The summed E-state index contributed by atoms with van der Waals surface area (Å²) in [5.41, 5.74) is 4.83. The highest BCUT2D eigenvalue weighted by Gasteiger charge is 2.36. The van der Waals surface area contributed by atoms with Gasteiger partial charge < -0.3 is 21.1 Å². The number of amides is 3. The first-order valence-electron chi connectivity index (χ1n) is 12.5. The molecule has 9 heteroatoms. The summed E-state index contributed by atoms with van der Waals surface area (Å²) in [5, 5.41) is 18.7. The van der Waals surface area contributed by atoms with Crippen molar-refractivity contribution in [2.75, 3.05) is 5.32 Å². The molecule has 4 N–H and O–H groups in total. The monoisotopic (exact) mass is 532 g/mol. The van der Waals surface area contributed by atoms with Gasteiger partial charge in [-0.15, -0.1) is 0 Å². The molecule has 0 aromatic heterocycles. The number of aliphatic hydroxyl groups is 1. The highest BCUT2D eigenvalue weighted by atomic mass is 32.2. The van der Waals surface area contributed by atoms with E-state index < -0.39 is 17.1 Å². The second-order valence-corrected chi connectivity index (χ2v) is 11.2. The number of hydrogen-bond acceptors (Lipinski definition) is 6. The number of benzene rings is 2. The van der Waals surface area contributed by atoms with E-state index in [0.29, 0.717) is 16.6 Å². The molecule has 2 aromatic rings. The molecule has 3 amide bonds. The van der Waals surface area contributed by atoms with Crippen LogP contribution in [0, 0.1) is 13.8 Å². The van der Waals surface area contributed by atoms with Gasteiger partial charge in [0.1, 0.15) is 11.1 Å². The lowest BCUT2D eigenvalue weighted by molar-refractivity contribution is -0.121. The van der Waals surface area contributed by atoms with Crippen LogP contribution in [0.15, 0.2) is 71.3 Å². The summed E-state index contributed by atoms with van der Waals surface area (Å²) in [6.45, 7) is 11.7. The Bertz CT molecular complexity index is 1360. The van der Waals surface area contributed by atoms with E-state index in [2.05, 4.69) is 41.4 Å². The van der Waals surface area contributed by atoms with E-state index in [4.69, 9.17) is 0 Å². The SMILES string of the molecule is C=C1NC(=O)C(C(CC2=NC(=O)C(CC(=O)Nc3ccc(C)cc3C)S2)c2ccc(C(C)C)cc2)=C(O)N1. The number of anilines is 1. The standard InChI is InChI=1S/C29H32N4O4S/c1-15(2)19-7-9-20(10-8-19)21(26-28(36)30-18(5)31-29(26)37)13-25-33-27(35)23(38-25)14-24(34)32-22-11-6-16(3)12-17(22)4/h6-12,15,21,23,30,36H,5,13-14H2,1-4H3,(H,31,37)(H,32,34). The molecular formula is C29H32N4O4S. The molecule has 0 radical (unpaired) electrons. The van der Waals surface area contributed by atoms with Crippen molar-refractivity contribution in [1.82, 2.24) is 10.6 Å². The summed E-state index contributed by atoms with van der Waals surface area (Å²) >= 11 is 1.23. The lowest BCUT2D eigenvalue weighted by atomic mass is 9.86. The minimum Gasteiger partial charge on any atom is -0.494 e. The maximum Gasteiger partial charge on any atom is 0.260 e. The van der Waals surface area contributed by atoms with Crippen LogP contribution in [0.5, 0.6) is 0 Å². The lowest BCUT2D eigenvalue weighted by Gasteiger charge is -2.26. The van der Waals surface area contributed by atoms with Gasteiger partial charge in [-0.3, -0.25) is 14.4 Å². The van der Waals surface area contributed by atoms with Gasteiger partial charge in [0.25, 0.3) is 11.8 Å². The predicted octanol–water partition coefficient (Wildman–Crippen LogP) is 4.93. The topological polar surface area (TPSA) is 120 Å². The van der Waals surface area contributed by atoms with Gasteiger partial charge in [0, 0.05) is 24.4 Å². The lowest BCUT2D eigenvalue weighted by Crippen LogP contribution is -2.40. The van der Waals surface area contributed by atoms with Crippen molar-refractivity contribution < 1.29 is 19.5 Å². The maximum atomic E-state index is 12.9. The summed E-state index contributed by atoms with van der Waals surface area (Å²) in [5.74, 6) is -1.45. The number of carbonyl (C=O) groups is 3.